The van der Waals surface area contributed by atoms with Crippen molar-refractivity contribution < 1.29 is 4.11 Å². The molecular weight excluding hydrogens is 653 g/mol. The Hall–Kier alpha value is -7.16. The van der Waals surface area contributed by atoms with E-state index in [0.29, 0.717) is 16.8 Å². The topological polar surface area (TPSA) is 9.86 Å². The van der Waals surface area contributed by atoms with Crippen molar-refractivity contribution in [3.05, 3.63) is 206 Å². The molecule has 252 valence electrons. The molecule has 0 radical (unpaired) electrons. The van der Waals surface area contributed by atoms with Crippen molar-refractivity contribution in [2.24, 2.45) is 0 Å². The van der Waals surface area contributed by atoms with Crippen LogP contribution in [0.2, 0.25) is 0 Å². The van der Waals surface area contributed by atoms with E-state index in [0.717, 1.165) is 82.3 Å². The first-order chi connectivity index (χ1) is 28.1. The van der Waals surface area contributed by atoms with Crippen molar-refractivity contribution in [1.29, 1.82) is 0 Å². The Bertz CT molecular complexity index is 3300. The van der Waals surface area contributed by atoms with Gasteiger partial charge in [-0.3, -0.25) is 0 Å². The molecule has 9 aromatic carbocycles. The highest BCUT2D eigenvalue weighted by Crippen LogP contribution is 2.43. The van der Waals surface area contributed by atoms with Gasteiger partial charge in [-0.05, 0) is 98.7 Å². The highest BCUT2D eigenvalue weighted by atomic mass is 15.0. The maximum atomic E-state index is 9.98. The van der Waals surface area contributed by atoms with E-state index in [4.69, 9.17) is 0 Å². The Morgan fingerprint density at radius 1 is 0.296 bits per heavy atom. The summed E-state index contributed by atoms with van der Waals surface area (Å²) >= 11 is 0. The number of hydrogen-bond donors (Lipinski definition) is 0. The van der Waals surface area contributed by atoms with Gasteiger partial charge in [0.15, 0.2) is 0 Å². The summed E-state index contributed by atoms with van der Waals surface area (Å²) in [5.41, 5.74) is 10.3. The maximum absolute atomic E-state index is 9.98. The number of aromatic nitrogens is 2. The van der Waals surface area contributed by atoms with Gasteiger partial charge < -0.3 is 9.13 Å². The summed E-state index contributed by atoms with van der Waals surface area (Å²) in [6.45, 7) is 0. The van der Waals surface area contributed by atoms with Crippen LogP contribution in [0.1, 0.15) is 4.11 Å². The molecule has 54 heavy (non-hydrogen) atoms. The lowest BCUT2D eigenvalue weighted by Gasteiger charge is -2.15. The fourth-order valence-electron chi connectivity index (χ4n) is 8.29. The van der Waals surface area contributed by atoms with Crippen LogP contribution in [0.3, 0.4) is 0 Å². The minimum atomic E-state index is 0.152. The lowest BCUT2D eigenvalue weighted by molar-refractivity contribution is 1.17. The zero-order valence-corrected chi connectivity index (χ0v) is 29.3. The molecular formula is C52H34N2. The van der Waals surface area contributed by atoms with Crippen molar-refractivity contribution in [3.8, 4) is 44.8 Å². The zero-order valence-electron chi connectivity index (χ0n) is 32.3. The van der Waals surface area contributed by atoms with E-state index in [1.165, 1.54) is 0 Å². The third-order valence-electron chi connectivity index (χ3n) is 10.7. The third kappa shape index (κ3) is 4.81. The van der Waals surface area contributed by atoms with Crippen LogP contribution < -0.4 is 0 Å². The second-order valence-electron chi connectivity index (χ2n) is 13.9. The molecule has 2 nitrogen and oxygen atoms in total. The fourth-order valence-corrected chi connectivity index (χ4v) is 8.29. The van der Waals surface area contributed by atoms with Gasteiger partial charge in [0.05, 0.1) is 26.2 Å². The molecule has 0 N–H and O–H groups in total. The molecule has 0 aliphatic rings. The standard InChI is InChI=1S/C52H34N2/c1-4-15-35(16-5-1)39-22-14-23-42(30-39)53-48-26-13-12-25-45(48)46-33-47-51(34-50(46)53)54(49-28-27-38-21-10-11-24-44(38)52(47)49)43-31-40(36-17-6-2-7-18-36)29-41(32-43)37-19-8-3-9-20-37/h1-34H/i29D,31D,32D. The predicted octanol–water partition coefficient (Wildman–Crippen LogP) is 14.0. The van der Waals surface area contributed by atoms with Gasteiger partial charge in [0.25, 0.3) is 0 Å². The van der Waals surface area contributed by atoms with E-state index in [1.807, 2.05) is 66.7 Å². The number of rotatable bonds is 5. The third-order valence-corrected chi connectivity index (χ3v) is 10.7. The largest absolute Gasteiger partial charge is 0.309 e. The smallest absolute Gasteiger partial charge is 0.0651 e. The molecule has 0 bridgehead atoms. The predicted molar refractivity (Wildman–Crippen MR) is 229 cm³/mol. The second kappa shape index (κ2) is 12.2. The van der Waals surface area contributed by atoms with Crippen LogP contribution in [0.5, 0.6) is 0 Å². The molecule has 0 amide bonds. The van der Waals surface area contributed by atoms with E-state index in [9.17, 15) is 4.11 Å². The number of fused-ring (bicyclic) bond motifs is 8. The lowest BCUT2D eigenvalue weighted by atomic mass is 9.98. The van der Waals surface area contributed by atoms with Gasteiger partial charge in [-0.15, -0.1) is 0 Å². The van der Waals surface area contributed by atoms with Crippen LogP contribution >= 0.6 is 0 Å². The van der Waals surface area contributed by atoms with Crippen molar-refractivity contribution in [1.82, 2.24) is 9.13 Å². The van der Waals surface area contributed by atoms with Crippen LogP contribution in [0, 0.1) is 0 Å². The molecule has 0 fully saturated rings. The monoisotopic (exact) mass is 689 g/mol. The maximum Gasteiger partial charge on any atom is 0.0651 e. The van der Waals surface area contributed by atoms with Gasteiger partial charge in [0.2, 0.25) is 0 Å². The van der Waals surface area contributed by atoms with Crippen LogP contribution in [0.4, 0.5) is 0 Å². The van der Waals surface area contributed by atoms with Crippen LogP contribution in [0.15, 0.2) is 206 Å². The summed E-state index contributed by atoms with van der Waals surface area (Å²) in [5, 5.41) is 6.64. The second-order valence-corrected chi connectivity index (χ2v) is 13.9. The van der Waals surface area contributed by atoms with E-state index < -0.39 is 0 Å². The molecule has 11 rings (SSSR count). The van der Waals surface area contributed by atoms with Gasteiger partial charge in [0, 0.05) is 32.9 Å². The Kier molecular flexibility index (Phi) is 6.22. The van der Waals surface area contributed by atoms with Crippen molar-refractivity contribution in [2.75, 3.05) is 0 Å². The Balaban J connectivity index is 1.32. The summed E-state index contributed by atoms with van der Waals surface area (Å²) in [5.74, 6) is 0. The number of para-hydroxylation sites is 1. The fraction of sp³-hybridized carbons (Fsp3) is 0. The average molecular weight is 690 g/mol. The van der Waals surface area contributed by atoms with Crippen LogP contribution in [-0.4, -0.2) is 9.13 Å². The highest BCUT2D eigenvalue weighted by molar-refractivity contribution is 6.25. The Morgan fingerprint density at radius 3 is 1.56 bits per heavy atom. The minimum absolute atomic E-state index is 0.152. The number of nitrogens with zero attached hydrogens (tertiary/aromatic N) is 2. The van der Waals surface area contributed by atoms with Gasteiger partial charge in [-0.2, -0.15) is 0 Å². The van der Waals surface area contributed by atoms with Gasteiger partial charge in [-0.25, -0.2) is 0 Å². The summed E-state index contributed by atoms with van der Waals surface area (Å²) < 4.78 is 34.0. The average Bonchev–Trinajstić information content (AvgIpc) is 3.76. The van der Waals surface area contributed by atoms with Crippen molar-refractivity contribution in [2.45, 2.75) is 0 Å². The van der Waals surface area contributed by atoms with Crippen molar-refractivity contribution >= 4 is 54.4 Å². The number of benzene rings is 9. The molecule has 0 spiro atoms. The van der Waals surface area contributed by atoms with E-state index >= 15 is 0 Å². The van der Waals surface area contributed by atoms with Gasteiger partial charge >= 0.3 is 0 Å². The molecule has 0 aliphatic carbocycles. The summed E-state index contributed by atoms with van der Waals surface area (Å²) in [6, 6.07) is 65.1. The molecule has 0 saturated heterocycles. The molecule has 2 heteroatoms. The Labute approximate surface area is 317 Å². The molecule has 0 saturated carbocycles. The molecule has 0 unspecified atom stereocenters. The first kappa shape index (κ1) is 27.5. The molecule has 0 atom stereocenters. The first-order valence-corrected chi connectivity index (χ1v) is 18.4. The van der Waals surface area contributed by atoms with Gasteiger partial charge in [0.1, 0.15) is 0 Å². The van der Waals surface area contributed by atoms with E-state index in [-0.39, 0.29) is 18.1 Å². The summed E-state index contributed by atoms with van der Waals surface area (Å²) in [4.78, 5) is 0. The Morgan fingerprint density at radius 2 is 0.852 bits per heavy atom. The minimum Gasteiger partial charge on any atom is -0.309 e. The van der Waals surface area contributed by atoms with E-state index in [1.54, 1.807) is 0 Å². The molecule has 2 aromatic heterocycles. The lowest BCUT2D eigenvalue weighted by Crippen LogP contribution is -1.97. The van der Waals surface area contributed by atoms with Crippen LogP contribution in [0.25, 0.3) is 99.1 Å². The van der Waals surface area contributed by atoms with E-state index in [2.05, 4.69) is 130 Å². The molecule has 11 aromatic rings. The number of hydrogen-bond acceptors (Lipinski definition) is 0. The quantitative estimate of drug-likeness (QED) is 0.170. The molecule has 0 aliphatic heterocycles. The summed E-state index contributed by atoms with van der Waals surface area (Å²) in [6.07, 6.45) is 0. The summed E-state index contributed by atoms with van der Waals surface area (Å²) in [7, 11) is 0. The SMILES string of the molecule is [2H]c1c(-c2ccccc2)c([2H])c(-n2c3cc4c(cc3c3c5ccccc5ccc32)c2ccccc2n4-c2cccc(-c3ccccc3)c2)c([2H])c1-c1ccccc1. The first-order valence-electron chi connectivity index (χ1n) is 19.9. The molecule has 2 heterocycles. The van der Waals surface area contributed by atoms with Gasteiger partial charge in [-0.1, -0.05) is 152 Å². The normalized spacial score (nSPS) is 12.5. The highest BCUT2D eigenvalue weighted by Gasteiger charge is 2.21. The van der Waals surface area contributed by atoms with Crippen LogP contribution in [-0.2, 0) is 0 Å². The zero-order chi connectivity index (χ0) is 38.2. The van der Waals surface area contributed by atoms with Crippen molar-refractivity contribution in [3.63, 3.8) is 0 Å².